The van der Waals surface area contributed by atoms with Crippen LogP contribution < -0.4 is 5.32 Å². The first-order chi connectivity index (χ1) is 12.1. The maximum Gasteiger partial charge on any atom is 0.325 e. The largest absolute Gasteiger partial charge is 0.367 e. The summed E-state index contributed by atoms with van der Waals surface area (Å²) in [5.74, 6) is -0.657. The van der Waals surface area contributed by atoms with Gasteiger partial charge in [-0.05, 0) is 18.9 Å². The van der Waals surface area contributed by atoms with Gasteiger partial charge in [-0.1, -0.05) is 0 Å². The zero-order chi connectivity index (χ0) is 17.6. The first-order valence-electron chi connectivity index (χ1n) is 8.37. The number of urea groups is 1. The van der Waals surface area contributed by atoms with Crippen LogP contribution >= 0.6 is 0 Å². The smallest absolute Gasteiger partial charge is 0.325 e. The number of aromatic amines is 1. The Balaban J connectivity index is 1.43. The Hall–Kier alpha value is -2.84. The number of fused-ring (bicyclic) bond motifs is 1. The molecule has 0 spiro atoms. The van der Waals surface area contributed by atoms with Crippen molar-refractivity contribution in [2.24, 2.45) is 0 Å². The summed E-state index contributed by atoms with van der Waals surface area (Å²) in [6, 6.07) is 1.17. The van der Waals surface area contributed by atoms with Crippen molar-refractivity contribution < 1.29 is 19.2 Å². The summed E-state index contributed by atoms with van der Waals surface area (Å²) in [7, 11) is 0. The molecule has 25 heavy (non-hydrogen) atoms. The monoisotopic (exact) mass is 345 g/mol. The minimum atomic E-state index is -0.523. The number of nitrogens with one attached hydrogen (secondary N) is 2. The molecular formula is C16H19N5O4. The van der Waals surface area contributed by atoms with Gasteiger partial charge in [-0.2, -0.15) is 0 Å². The van der Waals surface area contributed by atoms with Gasteiger partial charge in [0.05, 0.1) is 24.2 Å². The highest BCUT2D eigenvalue weighted by atomic mass is 16.2. The van der Waals surface area contributed by atoms with Crippen molar-refractivity contribution >= 4 is 23.8 Å². The minimum absolute atomic E-state index is 0.00513. The molecule has 1 aromatic heterocycles. The average molecular weight is 345 g/mol. The maximum absolute atomic E-state index is 12.6. The van der Waals surface area contributed by atoms with Crippen LogP contribution in [0, 0.1) is 0 Å². The standard InChI is InChI=1S/C16H19N5O4/c22-13-8-18-16(25)21(13)9-14(23)19-5-2-12-11(19)3-6-20(12)15(24)10-1-4-17-7-10/h1,4,7,11-12,17H,2-3,5-6,8-9H2,(H,18,25)/t11-,12-/m0/s1. The van der Waals surface area contributed by atoms with E-state index in [0.717, 1.165) is 4.90 Å². The number of rotatable bonds is 3. The average Bonchev–Trinajstić information content (AvgIpc) is 3.35. The van der Waals surface area contributed by atoms with E-state index in [1.54, 1.807) is 23.4 Å². The summed E-state index contributed by atoms with van der Waals surface area (Å²) in [6.07, 6.45) is 4.81. The molecular weight excluding hydrogens is 326 g/mol. The number of carbonyl (C=O) groups is 4. The lowest BCUT2D eigenvalue weighted by atomic mass is 10.1. The number of amides is 5. The zero-order valence-corrected chi connectivity index (χ0v) is 13.6. The zero-order valence-electron chi connectivity index (χ0n) is 13.6. The number of likely N-dealkylation sites (tertiary alicyclic amines) is 2. The van der Waals surface area contributed by atoms with Gasteiger partial charge in [0.2, 0.25) is 5.91 Å². The van der Waals surface area contributed by atoms with Crippen LogP contribution in [0.25, 0.3) is 0 Å². The number of hydrogen-bond acceptors (Lipinski definition) is 4. The number of carbonyl (C=O) groups excluding carboxylic acids is 4. The van der Waals surface area contributed by atoms with E-state index in [2.05, 4.69) is 10.3 Å². The minimum Gasteiger partial charge on any atom is -0.367 e. The molecule has 2 N–H and O–H groups in total. The fourth-order valence-electron chi connectivity index (χ4n) is 4.01. The predicted molar refractivity (Wildman–Crippen MR) is 85.5 cm³/mol. The Morgan fingerprint density at radius 3 is 2.48 bits per heavy atom. The molecule has 3 fully saturated rings. The molecule has 3 saturated heterocycles. The summed E-state index contributed by atoms with van der Waals surface area (Å²) in [4.78, 5) is 55.8. The molecule has 0 aliphatic carbocycles. The molecule has 3 aliphatic rings. The van der Waals surface area contributed by atoms with Crippen molar-refractivity contribution in [1.82, 2.24) is 25.0 Å². The van der Waals surface area contributed by atoms with Crippen LogP contribution in [0.3, 0.4) is 0 Å². The van der Waals surface area contributed by atoms with Gasteiger partial charge in [0.25, 0.3) is 11.8 Å². The van der Waals surface area contributed by atoms with Crippen LogP contribution in [0.4, 0.5) is 4.79 Å². The van der Waals surface area contributed by atoms with Gasteiger partial charge in [0, 0.05) is 25.5 Å². The van der Waals surface area contributed by atoms with Crippen LogP contribution in [0.1, 0.15) is 23.2 Å². The van der Waals surface area contributed by atoms with Gasteiger partial charge < -0.3 is 20.1 Å². The Bertz CT molecular complexity index is 715. The molecule has 0 bridgehead atoms. The van der Waals surface area contributed by atoms with E-state index in [4.69, 9.17) is 0 Å². The molecule has 0 radical (unpaired) electrons. The molecule has 2 atom stereocenters. The molecule has 0 unspecified atom stereocenters. The normalized spacial score (nSPS) is 25.5. The predicted octanol–water partition coefficient (Wildman–Crippen LogP) is -0.618. The number of nitrogens with zero attached hydrogens (tertiary/aromatic N) is 3. The van der Waals surface area contributed by atoms with Crippen LogP contribution in [-0.4, -0.2) is 81.7 Å². The summed E-state index contributed by atoms with van der Waals surface area (Å²) < 4.78 is 0. The van der Waals surface area contributed by atoms with Crippen molar-refractivity contribution in [3.63, 3.8) is 0 Å². The third-order valence-corrected chi connectivity index (χ3v) is 5.23. The summed E-state index contributed by atoms with van der Waals surface area (Å²) >= 11 is 0. The van der Waals surface area contributed by atoms with E-state index in [-0.39, 0.29) is 42.9 Å². The van der Waals surface area contributed by atoms with Crippen molar-refractivity contribution in [1.29, 1.82) is 0 Å². The van der Waals surface area contributed by atoms with E-state index < -0.39 is 6.03 Å². The van der Waals surface area contributed by atoms with E-state index in [9.17, 15) is 19.2 Å². The van der Waals surface area contributed by atoms with Gasteiger partial charge in [-0.15, -0.1) is 0 Å². The van der Waals surface area contributed by atoms with Gasteiger partial charge >= 0.3 is 6.03 Å². The number of hydrogen-bond donors (Lipinski definition) is 2. The molecule has 0 aromatic carbocycles. The molecule has 5 amide bonds. The number of H-pyrrole nitrogens is 1. The Morgan fingerprint density at radius 2 is 1.84 bits per heavy atom. The first-order valence-corrected chi connectivity index (χ1v) is 8.37. The second-order valence-corrected chi connectivity index (χ2v) is 6.54. The fraction of sp³-hybridized carbons (Fsp3) is 0.500. The second kappa shape index (κ2) is 5.91. The van der Waals surface area contributed by atoms with Gasteiger partial charge in [-0.3, -0.25) is 19.3 Å². The molecule has 132 valence electrons. The van der Waals surface area contributed by atoms with E-state index in [1.165, 1.54) is 0 Å². The summed E-state index contributed by atoms with van der Waals surface area (Å²) in [5.41, 5.74) is 0.616. The van der Waals surface area contributed by atoms with Gasteiger partial charge in [-0.25, -0.2) is 4.79 Å². The van der Waals surface area contributed by atoms with E-state index >= 15 is 0 Å². The van der Waals surface area contributed by atoms with Crippen molar-refractivity contribution in [2.75, 3.05) is 26.2 Å². The van der Waals surface area contributed by atoms with Crippen LogP contribution in [0.2, 0.25) is 0 Å². The van der Waals surface area contributed by atoms with Gasteiger partial charge in [0.15, 0.2) is 0 Å². The lowest BCUT2D eigenvalue weighted by Gasteiger charge is -2.26. The van der Waals surface area contributed by atoms with Gasteiger partial charge in [0.1, 0.15) is 6.54 Å². The van der Waals surface area contributed by atoms with E-state index in [0.29, 0.717) is 31.5 Å². The summed E-state index contributed by atoms with van der Waals surface area (Å²) in [5, 5.41) is 2.41. The Labute approximate surface area is 143 Å². The highest BCUT2D eigenvalue weighted by Crippen LogP contribution is 2.32. The summed E-state index contributed by atoms with van der Waals surface area (Å²) in [6.45, 7) is 0.845. The lowest BCUT2D eigenvalue weighted by Crippen LogP contribution is -2.46. The number of imide groups is 1. The molecule has 9 nitrogen and oxygen atoms in total. The van der Waals surface area contributed by atoms with Crippen molar-refractivity contribution in [3.05, 3.63) is 24.0 Å². The molecule has 0 saturated carbocycles. The Kier molecular flexibility index (Phi) is 3.70. The highest BCUT2D eigenvalue weighted by molar-refractivity contribution is 6.04. The third kappa shape index (κ3) is 2.55. The van der Waals surface area contributed by atoms with E-state index in [1.807, 2.05) is 4.90 Å². The molecule has 4 heterocycles. The fourth-order valence-corrected chi connectivity index (χ4v) is 4.01. The molecule has 4 rings (SSSR count). The molecule has 3 aliphatic heterocycles. The second-order valence-electron chi connectivity index (χ2n) is 6.54. The first kappa shape index (κ1) is 15.7. The van der Waals surface area contributed by atoms with Crippen molar-refractivity contribution in [3.8, 4) is 0 Å². The third-order valence-electron chi connectivity index (χ3n) is 5.23. The van der Waals surface area contributed by atoms with Crippen LogP contribution in [0.15, 0.2) is 18.5 Å². The van der Waals surface area contributed by atoms with Crippen molar-refractivity contribution in [2.45, 2.75) is 24.9 Å². The van der Waals surface area contributed by atoms with Crippen LogP contribution in [0.5, 0.6) is 0 Å². The molecule has 9 heteroatoms. The topological polar surface area (TPSA) is 106 Å². The number of aromatic nitrogens is 1. The maximum atomic E-state index is 12.6. The SMILES string of the molecule is O=C1CNC(=O)N1CC(=O)N1CC[C@H]2[C@@H]1CCN2C(=O)c1cc[nH]c1. The lowest BCUT2D eigenvalue weighted by molar-refractivity contribution is -0.137. The molecule has 1 aromatic rings. The van der Waals surface area contributed by atoms with Crippen LogP contribution in [-0.2, 0) is 9.59 Å². The quantitative estimate of drug-likeness (QED) is 0.712. The Morgan fingerprint density at radius 1 is 1.12 bits per heavy atom. The highest BCUT2D eigenvalue weighted by Gasteiger charge is 2.46.